The molecule has 0 aromatic heterocycles. The number of aliphatic imine (C=N–C) groups is 1. The minimum absolute atomic E-state index is 0.0190. The van der Waals surface area contributed by atoms with E-state index in [4.69, 9.17) is 4.74 Å². The van der Waals surface area contributed by atoms with Crippen molar-refractivity contribution in [2.24, 2.45) is 4.99 Å². The smallest absolute Gasteiger partial charge is 0.242 e. The Hall–Kier alpha value is -2.02. The van der Waals surface area contributed by atoms with E-state index in [1.807, 2.05) is 19.1 Å². The molecule has 1 N–H and O–H groups in total. The number of thioether (sulfide) groups is 1. The highest BCUT2D eigenvalue weighted by Gasteiger charge is 2.40. The molecule has 2 amide bonds. The van der Waals surface area contributed by atoms with Gasteiger partial charge in [-0.2, -0.15) is 0 Å². The van der Waals surface area contributed by atoms with Gasteiger partial charge in [-0.3, -0.25) is 19.5 Å². The summed E-state index contributed by atoms with van der Waals surface area (Å²) < 4.78 is 5.48. The van der Waals surface area contributed by atoms with Crippen LogP contribution in [0.25, 0.3) is 0 Å². The molecule has 1 fully saturated rings. The van der Waals surface area contributed by atoms with Gasteiger partial charge in [0.15, 0.2) is 5.17 Å². The van der Waals surface area contributed by atoms with Crippen molar-refractivity contribution < 1.29 is 14.3 Å². The van der Waals surface area contributed by atoms with Crippen LogP contribution >= 0.6 is 11.8 Å². The van der Waals surface area contributed by atoms with Crippen LogP contribution in [0, 0.1) is 0 Å². The van der Waals surface area contributed by atoms with Gasteiger partial charge >= 0.3 is 0 Å². The zero-order valence-corrected chi connectivity index (χ0v) is 13.1. The number of benzene rings is 1. The van der Waals surface area contributed by atoms with E-state index in [9.17, 15) is 9.59 Å². The van der Waals surface area contributed by atoms with Gasteiger partial charge in [-0.1, -0.05) is 23.9 Å². The quantitative estimate of drug-likeness (QED) is 0.897. The summed E-state index contributed by atoms with van der Waals surface area (Å²) in [6.45, 7) is 3.71. The molecule has 7 heteroatoms. The molecule has 0 radical (unpaired) electrons. The summed E-state index contributed by atoms with van der Waals surface area (Å²) in [7, 11) is 0. The van der Waals surface area contributed by atoms with Crippen molar-refractivity contribution in [2.45, 2.75) is 18.6 Å². The second kappa shape index (κ2) is 6.39. The first kappa shape index (κ1) is 14.9. The first-order valence-corrected chi connectivity index (χ1v) is 8.11. The molecule has 2 aliphatic heterocycles. The lowest BCUT2D eigenvalue weighted by atomic mass is 10.2. The second-order valence-electron chi connectivity index (χ2n) is 4.94. The molecule has 0 spiro atoms. The molecule has 2 heterocycles. The Morgan fingerprint density at radius 2 is 2.32 bits per heavy atom. The molecule has 3 rings (SSSR count). The van der Waals surface area contributed by atoms with Crippen LogP contribution in [0.3, 0.4) is 0 Å². The highest BCUT2D eigenvalue weighted by molar-refractivity contribution is 8.15. The number of para-hydroxylation sites is 2. The highest BCUT2D eigenvalue weighted by atomic mass is 32.2. The summed E-state index contributed by atoms with van der Waals surface area (Å²) in [5.74, 6) is 0.419. The van der Waals surface area contributed by atoms with Crippen LogP contribution < -0.4 is 10.1 Å². The van der Waals surface area contributed by atoms with Crippen LogP contribution in [0.4, 0.5) is 5.69 Å². The van der Waals surface area contributed by atoms with E-state index in [1.165, 1.54) is 11.8 Å². The van der Waals surface area contributed by atoms with Crippen molar-refractivity contribution in [1.29, 1.82) is 0 Å². The van der Waals surface area contributed by atoms with E-state index in [2.05, 4.69) is 10.3 Å². The van der Waals surface area contributed by atoms with Gasteiger partial charge in [-0.05, 0) is 19.1 Å². The molecule has 6 nitrogen and oxygen atoms in total. The number of amidine groups is 1. The van der Waals surface area contributed by atoms with Gasteiger partial charge in [-0.25, -0.2) is 0 Å². The Morgan fingerprint density at radius 1 is 1.50 bits per heavy atom. The van der Waals surface area contributed by atoms with Crippen molar-refractivity contribution >= 4 is 34.4 Å². The van der Waals surface area contributed by atoms with E-state index in [0.717, 1.165) is 5.17 Å². The zero-order valence-electron chi connectivity index (χ0n) is 12.2. The number of carbonyl (C=O) groups excluding carboxylic acids is 2. The fourth-order valence-corrected chi connectivity index (χ4v) is 3.62. The molecule has 1 atom stereocenters. The Balaban J connectivity index is 1.63. The van der Waals surface area contributed by atoms with Crippen molar-refractivity contribution in [2.75, 3.05) is 25.0 Å². The van der Waals surface area contributed by atoms with Gasteiger partial charge in [0.05, 0.1) is 18.8 Å². The number of hydrogen-bond acceptors (Lipinski definition) is 5. The van der Waals surface area contributed by atoms with Crippen molar-refractivity contribution in [3.05, 3.63) is 24.3 Å². The molecule has 0 saturated carbocycles. The van der Waals surface area contributed by atoms with E-state index >= 15 is 0 Å². The lowest BCUT2D eigenvalue weighted by Gasteiger charge is -2.13. The first-order chi connectivity index (χ1) is 10.7. The molecular formula is C15H17N3O3S. The van der Waals surface area contributed by atoms with E-state index in [0.29, 0.717) is 31.1 Å². The van der Waals surface area contributed by atoms with Gasteiger partial charge in [0.2, 0.25) is 11.8 Å². The number of ether oxygens (including phenoxy) is 1. The highest BCUT2D eigenvalue weighted by Crippen LogP contribution is 2.32. The summed E-state index contributed by atoms with van der Waals surface area (Å²) >= 11 is 1.38. The maximum absolute atomic E-state index is 12.2. The molecule has 1 aromatic carbocycles. The average Bonchev–Trinajstić information content (AvgIpc) is 3.06. The van der Waals surface area contributed by atoms with Gasteiger partial charge in [-0.15, -0.1) is 0 Å². The third kappa shape index (κ3) is 2.94. The van der Waals surface area contributed by atoms with Crippen LogP contribution in [0.1, 0.15) is 13.3 Å². The summed E-state index contributed by atoms with van der Waals surface area (Å²) in [5, 5.41) is 3.19. The Morgan fingerprint density at radius 3 is 3.09 bits per heavy atom. The molecule has 0 bridgehead atoms. The lowest BCUT2D eigenvalue weighted by molar-refractivity contribution is -0.127. The number of anilines is 1. The number of rotatable bonds is 5. The van der Waals surface area contributed by atoms with Crippen molar-refractivity contribution in [1.82, 2.24) is 4.90 Å². The summed E-state index contributed by atoms with van der Waals surface area (Å²) in [5.41, 5.74) is 0.627. The standard InChI is InChI=1S/C15H17N3O3S/c1-2-21-11-6-4-3-5-10(11)17-13(19)9-12-14(20)18-8-7-16-15(18)22-12/h3-6,12H,2,7-9H2,1H3,(H,17,19). The van der Waals surface area contributed by atoms with Crippen LogP contribution in [0.15, 0.2) is 29.3 Å². The van der Waals surface area contributed by atoms with E-state index in [-0.39, 0.29) is 23.5 Å². The third-order valence-electron chi connectivity index (χ3n) is 3.42. The van der Waals surface area contributed by atoms with Gasteiger partial charge in [0.1, 0.15) is 11.0 Å². The predicted molar refractivity (Wildman–Crippen MR) is 86.3 cm³/mol. The first-order valence-electron chi connectivity index (χ1n) is 7.23. The van der Waals surface area contributed by atoms with Gasteiger partial charge in [0.25, 0.3) is 0 Å². The minimum Gasteiger partial charge on any atom is -0.492 e. The third-order valence-corrected chi connectivity index (χ3v) is 4.64. The average molecular weight is 319 g/mol. The summed E-state index contributed by atoms with van der Waals surface area (Å²) in [6.07, 6.45) is 0.138. The molecule has 116 valence electrons. The molecule has 1 unspecified atom stereocenters. The minimum atomic E-state index is -0.377. The summed E-state index contributed by atoms with van der Waals surface area (Å²) in [6, 6.07) is 7.27. The molecule has 22 heavy (non-hydrogen) atoms. The monoisotopic (exact) mass is 319 g/mol. The van der Waals surface area contributed by atoms with Crippen LogP contribution in [-0.4, -0.2) is 46.8 Å². The number of nitrogens with one attached hydrogen (secondary N) is 1. The SMILES string of the molecule is CCOc1ccccc1NC(=O)CC1SC2=NCCN2C1=O. The number of carbonyl (C=O) groups is 2. The number of amides is 2. The zero-order chi connectivity index (χ0) is 15.5. The van der Waals surface area contributed by atoms with E-state index in [1.54, 1.807) is 17.0 Å². The Kier molecular flexibility index (Phi) is 4.33. The van der Waals surface area contributed by atoms with Crippen LogP contribution in [-0.2, 0) is 9.59 Å². The van der Waals surface area contributed by atoms with Gasteiger partial charge in [0, 0.05) is 13.0 Å². The lowest BCUT2D eigenvalue weighted by Crippen LogP contribution is -2.32. The van der Waals surface area contributed by atoms with E-state index < -0.39 is 0 Å². The molecule has 1 saturated heterocycles. The maximum atomic E-state index is 12.2. The fourth-order valence-electron chi connectivity index (χ4n) is 2.43. The topological polar surface area (TPSA) is 71.0 Å². The number of hydrogen-bond donors (Lipinski definition) is 1. The normalized spacial score (nSPS) is 19.9. The van der Waals surface area contributed by atoms with Crippen LogP contribution in [0.2, 0.25) is 0 Å². The van der Waals surface area contributed by atoms with Crippen molar-refractivity contribution in [3.63, 3.8) is 0 Å². The fraction of sp³-hybridized carbons (Fsp3) is 0.400. The van der Waals surface area contributed by atoms with Gasteiger partial charge < -0.3 is 10.1 Å². The molecule has 1 aromatic rings. The molecule has 0 aliphatic carbocycles. The summed E-state index contributed by atoms with van der Waals surface area (Å²) in [4.78, 5) is 30.3. The second-order valence-corrected chi connectivity index (χ2v) is 6.11. The Bertz CT molecular complexity index is 632. The maximum Gasteiger partial charge on any atom is 0.242 e. The van der Waals surface area contributed by atoms with Crippen molar-refractivity contribution in [3.8, 4) is 5.75 Å². The molecule has 2 aliphatic rings. The van der Waals surface area contributed by atoms with Crippen LogP contribution in [0.5, 0.6) is 5.75 Å². The number of fused-ring (bicyclic) bond motifs is 1. The largest absolute Gasteiger partial charge is 0.492 e. The predicted octanol–water partition coefficient (Wildman–Crippen LogP) is 1.73. The molecular weight excluding hydrogens is 302 g/mol. The Labute approximate surface area is 132 Å². The number of nitrogens with zero attached hydrogens (tertiary/aromatic N) is 2.